The smallest absolute Gasteiger partial charge is 0 e. The second kappa shape index (κ2) is 11.9. The summed E-state index contributed by atoms with van der Waals surface area (Å²) in [7, 11) is -0.276. The van der Waals surface area contributed by atoms with Gasteiger partial charge in [-0.2, -0.15) is 0 Å². The van der Waals surface area contributed by atoms with E-state index >= 15 is 0 Å². The molecule has 178 valence electrons. The second-order valence-electron chi connectivity index (χ2n) is 12.0. The van der Waals surface area contributed by atoms with Crippen molar-refractivity contribution in [3.63, 3.8) is 0 Å². The van der Waals surface area contributed by atoms with E-state index in [9.17, 15) is 0 Å². The minimum atomic E-state index is -0.138. The van der Waals surface area contributed by atoms with Gasteiger partial charge in [0.2, 0.25) is 0 Å². The summed E-state index contributed by atoms with van der Waals surface area (Å²) in [5.74, 6) is 0. The number of hydrogen-bond donors (Lipinski definition) is 0. The Balaban J connectivity index is 0.000000562. The SMILES string of the molecule is CC(C)(C)P(c1ccccc1)C(C)(C)C.CC(C)(C)P(c1ccccc1)C(C)(C)C.[Pt]. The quantitative estimate of drug-likeness (QED) is 0.288. The number of hydrogen-bond acceptors (Lipinski definition) is 0. The van der Waals surface area contributed by atoms with Crippen LogP contribution >= 0.6 is 15.8 Å². The van der Waals surface area contributed by atoms with Gasteiger partial charge >= 0.3 is 0 Å². The summed E-state index contributed by atoms with van der Waals surface area (Å²) in [6.07, 6.45) is 0. The van der Waals surface area contributed by atoms with Crippen LogP contribution in [0.2, 0.25) is 0 Å². The van der Waals surface area contributed by atoms with Crippen molar-refractivity contribution in [2.75, 3.05) is 0 Å². The van der Waals surface area contributed by atoms with Crippen LogP contribution in [-0.4, -0.2) is 20.6 Å². The second-order valence-corrected chi connectivity index (χ2v) is 19.8. The zero-order chi connectivity index (χ0) is 23.4. The Kier molecular flexibility index (Phi) is 11.9. The molecule has 0 radical (unpaired) electrons. The van der Waals surface area contributed by atoms with Gasteiger partial charge in [0.25, 0.3) is 0 Å². The molecule has 0 aliphatic rings. The molecule has 0 aromatic heterocycles. The minimum absolute atomic E-state index is 0. The Labute approximate surface area is 211 Å². The van der Waals surface area contributed by atoms with Crippen molar-refractivity contribution in [3.8, 4) is 0 Å². The fourth-order valence-corrected chi connectivity index (χ4v) is 12.8. The largest absolute Gasteiger partial charge is 0.0643 e. The first-order valence-corrected chi connectivity index (χ1v) is 13.8. The van der Waals surface area contributed by atoms with E-state index in [0.717, 1.165) is 0 Å². The van der Waals surface area contributed by atoms with E-state index in [1.165, 1.54) is 10.6 Å². The molecule has 0 fully saturated rings. The number of rotatable bonds is 2. The summed E-state index contributed by atoms with van der Waals surface area (Å²) in [5, 5.41) is 4.52. The Bertz CT molecular complexity index is 647. The van der Waals surface area contributed by atoms with Gasteiger partial charge in [0.05, 0.1) is 0 Å². The first-order chi connectivity index (χ1) is 13.5. The van der Waals surface area contributed by atoms with Crippen LogP contribution in [0.1, 0.15) is 83.1 Å². The van der Waals surface area contributed by atoms with Gasteiger partial charge in [0.1, 0.15) is 0 Å². The molecule has 2 rings (SSSR count). The van der Waals surface area contributed by atoms with Crippen LogP contribution in [-0.2, 0) is 21.1 Å². The van der Waals surface area contributed by atoms with Gasteiger partial charge in [-0.15, -0.1) is 0 Å². The Morgan fingerprint density at radius 1 is 0.387 bits per heavy atom. The maximum absolute atomic E-state index is 2.36. The van der Waals surface area contributed by atoms with Gasteiger partial charge in [-0.25, -0.2) is 0 Å². The monoisotopic (exact) mass is 639 g/mol. The zero-order valence-electron chi connectivity index (χ0n) is 22.0. The average molecular weight is 640 g/mol. The zero-order valence-corrected chi connectivity index (χ0v) is 26.0. The van der Waals surface area contributed by atoms with E-state index < -0.39 is 0 Å². The van der Waals surface area contributed by atoms with E-state index in [2.05, 4.69) is 144 Å². The molecule has 0 saturated heterocycles. The molecular weight excluding hydrogens is 593 g/mol. The number of benzene rings is 2. The van der Waals surface area contributed by atoms with E-state index in [-0.39, 0.29) is 36.9 Å². The molecule has 0 aliphatic carbocycles. The molecule has 0 atom stereocenters. The summed E-state index contributed by atoms with van der Waals surface area (Å²) >= 11 is 0. The van der Waals surface area contributed by atoms with Crippen molar-refractivity contribution in [2.45, 2.75) is 104 Å². The van der Waals surface area contributed by atoms with E-state index in [1.54, 1.807) is 0 Å². The summed E-state index contributed by atoms with van der Waals surface area (Å²) < 4.78 is 0. The van der Waals surface area contributed by atoms with Crippen molar-refractivity contribution in [1.29, 1.82) is 0 Å². The van der Waals surface area contributed by atoms with Gasteiger partial charge in [-0.05, 0) is 31.2 Å². The Morgan fingerprint density at radius 2 is 0.581 bits per heavy atom. The summed E-state index contributed by atoms with van der Waals surface area (Å²) in [6.45, 7) is 28.3. The van der Waals surface area contributed by atoms with Gasteiger partial charge in [-0.1, -0.05) is 160 Å². The normalized spacial score (nSPS) is 12.8. The molecule has 0 spiro atoms. The molecule has 2 aromatic rings. The molecule has 31 heavy (non-hydrogen) atoms. The van der Waals surface area contributed by atoms with E-state index in [0.29, 0.717) is 20.6 Å². The van der Waals surface area contributed by atoms with Crippen LogP contribution in [0.5, 0.6) is 0 Å². The maximum Gasteiger partial charge on any atom is 0 e. The molecule has 0 N–H and O–H groups in total. The molecule has 0 aliphatic heterocycles. The fourth-order valence-electron chi connectivity index (χ4n) is 4.72. The Morgan fingerprint density at radius 3 is 0.742 bits per heavy atom. The van der Waals surface area contributed by atoms with Crippen LogP contribution in [0, 0.1) is 0 Å². The molecule has 0 bridgehead atoms. The molecule has 0 heterocycles. The van der Waals surface area contributed by atoms with Gasteiger partial charge in [0.15, 0.2) is 0 Å². The van der Waals surface area contributed by atoms with Crippen LogP contribution < -0.4 is 10.6 Å². The van der Waals surface area contributed by atoms with Crippen molar-refractivity contribution >= 4 is 26.5 Å². The third-order valence-electron chi connectivity index (χ3n) is 4.71. The molecular formula is C28H46P2Pt. The standard InChI is InChI=1S/2C14H23P.Pt/c2*1-13(2,3)15(14(4,5)6)12-10-8-7-9-11-12;/h2*7-11H,1-6H3;. The Hall–Kier alpha value is -0.0117. The summed E-state index contributed by atoms with van der Waals surface area (Å²) in [5.41, 5.74) is 0. The fraction of sp³-hybridized carbons (Fsp3) is 0.571. The summed E-state index contributed by atoms with van der Waals surface area (Å²) in [4.78, 5) is 0. The third kappa shape index (κ3) is 10.2. The topological polar surface area (TPSA) is 0 Å². The molecule has 2 aromatic carbocycles. The van der Waals surface area contributed by atoms with Crippen molar-refractivity contribution < 1.29 is 21.1 Å². The van der Waals surface area contributed by atoms with Gasteiger partial charge < -0.3 is 0 Å². The minimum Gasteiger partial charge on any atom is -0.0643 e. The molecule has 0 saturated carbocycles. The van der Waals surface area contributed by atoms with E-state index in [4.69, 9.17) is 0 Å². The van der Waals surface area contributed by atoms with Crippen molar-refractivity contribution in [2.24, 2.45) is 0 Å². The van der Waals surface area contributed by atoms with Crippen LogP contribution in [0.3, 0.4) is 0 Å². The molecule has 0 nitrogen and oxygen atoms in total. The summed E-state index contributed by atoms with van der Waals surface area (Å²) in [6, 6.07) is 21.9. The maximum atomic E-state index is 2.36. The predicted molar refractivity (Wildman–Crippen MR) is 145 cm³/mol. The van der Waals surface area contributed by atoms with Crippen molar-refractivity contribution in [3.05, 3.63) is 60.7 Å². The molecule has 0 amide bonds. The van der Waals surface area contributed by atoms with E-state index in [1.807, 2.05) is 0 Å². The first kappa shape index (κ1) is 31.0. The van der Waals surface area contributed by atoms with Gasteiger partial charge in [0, 0.05) is 21.1 Å². The predicted octanol–water partition coefficient (Wildman–Crippen LogP) is 8.78. The van der Waals surface area contributed by atoms with Gasteiger partial charge in [-0.3, -0.25) is 0 Å². The molecule has 3 heteroatoms. The van der Waals surface area contributed by atoms with Crippen LogP contribution in [0.15, 0.2) is 60.7 Å². The van der Waals surface area contributed by atoms with Crippen molar-refractivity contribution in [1.82, 2.24) is 0 Å². The molecule has 0 unspecified atom stereocenters. The van der Waals surface area contributed by atoms with Crippen LogP contribution in [0.25, 0.3) is 0 Å². The third-order valence-corrected chi connectivity index (χ3v) is 11.7. The average Bonchev–Trinajstić information content (AvgIpc) is 2.52. The van der Waals surface area contributed by atoms with Crippen LogP contribution in [0.4, 0.5) is 0 Å². The first-order valence-electron chi connectivity index (χ1n) is 11.2.